The molecule has 0 saturated heterocycles. The minimum atomic E-state index is -3.53. The number of fused-ring (bicyclic) bond motifs is 1. The number of hydrogen-bond donors (Lipinski definition) is 0. The lowest BCUT2D eigenvalue weighted by atomic mass is 10.1. The van der Waals surface area contributed by atoms with E-state index in [0.717, 1.165) is 29.7 Å². The van der Waals surface area contributed by atoms with E-state index in [4.69, 9.17) is 4.98 Å². The molecule has 1 aliphatic carbocycles. The van der Waals surface area contributed by atoms with Crippen LogP contribution in [0.25, 0.3) is 11.0 Å². The summed E-state index contributed by atoms with van der Waals surface area (Å²) in [5.41, 5.74) is 3.89. The minimum absolute atomic E-state index is 0.142. The van der Waals surface area contributed by atoms with Crippen molar-refractivity contribution in [2.75, 3.05) is 14.1 Å². The number of hydrogen-bond acceptors (Lipinski definition) is 4. The number of benzene rings is 2. The van der Waals surface area contributed by atoms with Crippen molar-refractivity contribution < 1.29 is 13.2 Å². The minimum Gasteiger partial charge on any atom is -0.335 e. The van der Waals surface area contributed by atoms with E-state index >= 15 is 0 Å². The van der Waals surface area contributed by atoms with Gasteiger partial charge in [0.2, 0.25) is 15.9 Å². The van der Waals surface area contributed by atoms with Crippen LogP contribution in [0.15, 0.2) is 47.4 Å². The largest absolute Gasteiger partial charge is 0.335 e. The highest BCUT2D eigenvalue weighted by Gasteiger charge is 2.32. The zero-order valence-electron chi connectivity index (χ0n) is 19.8. The van der Waals surface area contributed by atoms with Gasteiger partial charge in [0.05, 0.1) is 15.9 Å². The van der Waals surface area contributed by atoms with Gasteiger partial charge in [-0.2, -0.15) is 0 Å². The van der Waals surface area contributed by atoms with Crippen LogP contribution in [0.3, 0.4) is 0 Å². The summed E-state index contributed by atoms with van der Waals surface area (Å²) in [6, 6.07) is 13.7. The Labute approximate surface area is 196 Å². The Morgan fingerprint density at radius 2 is 1.82 bits per heavy atom. The Balaban J connectivity index is 1.52. The maximum atomic E-state index is 13.1. The number of imidazole rings is 1. The van der Waals surface area contributed by atoms with Gasteiger partial charge in [-0.1, -0.05) is 29.8 Å². The second-order valence-corrected chi connectivity index (χ2v) is 11.1. The molecule has 1 aliphatic rings. The number of aryl methyl sites for hydroxylation is 3. The Morgan fingerprint density at radius 1 is 1.12 bits per heavy atom. The van der Waals surface area contributed by atoms with Crippen LogP contribution in [-0.2, 0) is 34.3 Å². The van der Waals surface area contributed by atoms with E-state index in [0.29, 0.717) is 37.5 Å². The zero-order chi connectivity index (χ0) is 23.8. The van der Waals surface area contributed by atoms with Gasteiger partial charge < -0.3 is 9.47 Å². The number of rotatable bonds is 9. The topological polar surface area (TPSA) is 75.5 Å². The van der Waals surface area contributed by atoms with Crippen LogP contribution in [0, 0.1) is 6.92 Å². The smallest absolute Gasteiger partial charge is 0.242 e. The van der Waals surface area contributed by atoms with Crippen molar-refractivity contribution >= 4 is 27.0 Å². The molecule has 1 saturated carbocycles. The number of sulfonamides is 1. The van der Waals surface area contributed by atoms with Crippen molar-refractivity contribution in [2.24, 2.45) is 0 Å². The molecule has 0 unspecified atom stereocenters. The number of nitrogens with zero attached hydrogens (tertiary/aromatic N) is 4. The summed E-state index contributed by atoms with van der Waals surface area (Å²) in [6.45, 7) is 5.44. The Kier molecular flexibility index (Phi) is 6.59. The lowest BCUT2D eigenvalue weighted by molar-refractivity contribution is -0.132. The standard InChI is InChI=1S/C25H32N4O3S/c1-5-28-23-13-12-21(33(31,32)27(3)4)16-22(23)26-24(28)14-15-25(30)29(20-10-11-20)17-19-8-6-18(2)7-9-19/h6-9,12-13,16,20H,5,10-11,14-15,17H2,1-4H3. The molecule has 4 rings (SSSR count). The Bertz CT molecular complexity index is 1260. The third-order valence-corrected chi connectivity index (χ3v) is 8.05. The van der Waals surface area contributed by atoms with E-state index in [9.17, 15) is 13.2 Å². The second kappa shape index (κ2) is 9.27. The van der Waals surface area contributed by atoms with Crippen molar-refractivity contribution in [3.8, 4) is 0 Å². The summed E-state index contributed by atoms with van der Waals surface area (Å²) in [7, 11) is -0.493. The summed E-state index contributed by atoms with van der Waals surface area (Å²) < 4.78 is 28.3. The van der Waals surface area contributed by atoms with Crippen LogP contribution >= 0.6 is 0 Å². The van der Waals surface area contributed by atoms with Crippen LogP contribution in [0.2, 0.25) is 0 Å². The fourth-order valence-corrected chi connectivity index (χ4v) is 5.06. The second-order valence-electron chi connectivity index (χ2n) is 8.95. The lowest BCUT2D eigenvalue weighted by Gasteiger charge is -2.23. The fraction of sp³-hybridized carbons (Fsp3) is 0.440. The molecule has 1 amide bonds. The molecule has 0 aliphatic heterocycles. The van der Waals surface area contributed by atoms with Crippen molar-refractivity contribution in [1.82, 2.24) is 18.8 Å². The first-order valence-electron chi connectivity index (χ1n) is 11.5. The highest BCUT2D eigenvalue weighted by atomic mass is 32.2. The van der Waals surface area contributed by atoms with E-state index in [2.05, 4.69) is 35.8 Å². The third-order valence-electron chi connectivity index (χ3n) is 6.24. The SMILES string of the molecule is CCn1c(CCC(=O)N(Cc2ccc(C)cc2)C2CC2)nc2cc(S(=O)(=O)N(C)C)ccc21. The Hall–Kier alpha value is -2.71. The van der Waals surface area contributed by atoms with Gasteiger partial charge in [-0.3, -0.25) is 4.79 Å². The molecule has 176 valence electrons. The summed E-state index contributed by atoms with van der Waals surface area (Å²) in [4.78, 5) is 20.1. The highest BCUT2D eigenvalue weighted by molar-refractivity contribution is 7.89. The number of aromatic nitrogens is 2. The highest BCUT2D eigenvalue weighted by Crippen LogP contribution is 2.29. The van der Waals surface area contributed by atoms with Crippen LogP contribution in [0.1, 0.15) is 43.1 Å². The van der Waals surface area contributed by atoms with E-state index < -0.39 is 10.0 Å². The molecule has 2 aromatic carbocycles. The van der Waals surface area contributed by atoms with Gasteiger partial charge in [-0.15, -0.1) is 0 Å². The van der Waals surface area contributed by atoms with Crippen molar-refractivity contribution in [3.05, 3.63) is 59.4 Å². The number of carbonyl (C=O) groups is 1. The summed E-state index contributed by atoms with van der Waals surface area (Å²) in [6.07, 6.45) is 3.03. The number of carbonyl (C=O) groups excluding carboxylic acids is 1. The van der Waals surface area contributed by atoms with E-state index in [-0.39, 0.29) is 10.8 Å². The van der Waals surface area contributed by atoms with Crippen LogP contribution in [0.4, 0.5) is 0 Å². The normalized spacial score (nSPS) is 14.2. The molecular weight excluding hydrogens is 436 g/mol. The van der Waals surface area contributed by atoms with Crippen LogP contribution in [-0.4, -0.2) is 53.2 Å². The first-order chi connectivity index (χ1) is 15.7. The Morgan fingerprint density at radius 3 is 2.42 bits per heavy atom. The van der Waals surface area contributed by atoms with E-state index in [1.807, 2.05) is 11.8 Å². The predicted molar refractivity (Wildman–Crippen MR) is 129 cm³/mol. The van der Waals surface area contributed by atoms with Crippen molar-refractivity contribution in [2.45, 2.75) is 63.6 Å². The lowest BCUT2D eigenvalue weighted by Crippen LogP contribution is -2.32. The monoisotopic (exact) mass is 468 g/mol. The maximum absolute atomic E-state index is 13.1. The summed E-state index contributed by atoms with van der Waals surface area (Å²) in [5.74, 6) is 0.954. The molecule has 1 heterocycles. The van der Waals surface area contributed by atoms with E-state index in [1.165, 1.54) is 24.0 Å². The van der Waals surface area contributed by atoms with E-state index in [1.54, 1.807) is 18.2 Å². The van der Waals surface area contributed by atoms with Gasteiger partial charge in [0, 0.05) is 46.1 Å². The molecule has 33 heavy (non-hydrogen) atoms. The third kappa shape index (κ3) is 4.96. The average Bonchev–Trinajstić information content (AvgIpc) is 3.56. The van der Waals surface area contributed by atoms with Gasteiger partial charge in [0.25, 0.3) is 0 Å². The summed E-state index contributed by atoms with van der Waals surface area (Å²) in [5, 5.41) is 0. The predicted octanol–water partition coefficient (Wildman–Crippen LogP) is 3.74. The zero-order valence-corrected chi connectivity index (χ0v) is 20.6. The quantitative estimate of drug-likeness (QED) is 0.479. The average molecular weight is 469 g/mol. The van der Waals surface area contributed by atoms with Crippen molar-refractivity contribution in [3.63, 3.8) is 0 Å². The maximum Gasteiger partial charge on any atom is 0.242 e. The van der Waals surface area contributed by atoms with Gasteiger partial charge >= 0.3 is 0 Å². The van der Waals surface area contributed by atoms with Crippen molar-refractivity contribution in [1.29, 1.82) is 0 Å². The molecule has 0 radical (unpaired) electrons. The molecule has 3 aromatic rings. The van der Waals surface area contributed by atoms with Crippen LogP contribution < -0.4 is 0 Å². The van der Waals surface area contributed by atoms with Gasteiger partial charge in [-0.25, -0.2) is 17.7 Å². The number of amides is 1. The summed E-state index contributed by atoms with van der Waals surface area (Å²) >= 11 is 0. The molecule has 1 fully saturated rings. The van der Waals surface area contributed by atoms with Gasteiger partial charge in [0.15, 0.2) is 0 Å². The first kappa shape index (κ1) is 23.4. The molecule has 0 bridgehead atoms. The molecule has 1 aromatic heterocycles. The molecule has 0 spiro atoms. The molecule has 8 heteroatoms. The molecule has 7 nitrogen and oxygen atoms in total. The molecular formula is C25H32N4O3S. The molecule has 0 atom stereocenters. The van der Waals surface area contributed by atoms with Gasteiger partial charge in [-0.05, 0) is 50.5 Å². The molecule has 0 N–H and O–H groups in total. The first-order valence-corrected chi connectivity index (χ1v) is 12.9. The van der Waals surface area contributed by atoms with Crippen LogP contribution in [0.5, 0.6) is 0 Å². The van der Waals surface area contributed by atoms with Gasteiger partial charge in [0.1, 0.15) is 5.82 Å². The fourth-order valence-electron chi connectivity index (χ4n) is 4.13.